The van der Waals surface area contributed by atoms with Crippen LogP contribution in [0.25, 0.3) is 0 Å². The summed E-state index contributed by atoms with van der Waals surface area (Å²) in [5.41, 5.74) is 3.03. The van der Waals surface area contributed by atoms with Crippen molar-refractivity contribution >= 4 is 15.9 Å². The van der Waals surface area contributed by atoms with Gasteiger partial charge in [0, 0.05) is 25.0 Å². The summed E-state index contributed by atoms with van der Waals surface area (Å²) in [6.45, 7) is 12.2. The van der Waals surface area contributed by atoms with E-state index in [-0.39, 0.29) is 0 Å². The van der Waals surface area contributed by atoms with Crippen LogP contribution < -0.4 is 5.32 Å². The number of nitrogens with zero attached hydrogens (tertiary/aromatic N) is 2. The molecule has 0 bridgehead atoms. The van der Waals surface area contributed by atoms with Crippen molar-refractivity contribution in [3.05, 3.63) is 15.9 Å². The van der Waals surface area contributed by atoms with E-state index < -0.39 is 0 Å². The molecule has 0 radical (unpaired) electrons. The molecular weight excluding hydrogens is 302 g/mol. The lowest BCUT2D eigenvalue weighted by atomic mass is 9.72. The third kappa shape index (κ3) is 3.05. The quantitative estimate of drug-likeness (QED) is 0.867. The monoisotopic (exact) mass is 327 g/mol. The first-order valence-electron chi connectivity index (χ1n) is 7.46. The van der Waals surface area contributed by atoms with E-state index in [2.05, 4.69) is 53.6 Å². The molecule has 1 aliphatic rings. The second-order valence-corrected chi connectivity index (χ2v) is 7.05. The second kappa shape index (κ2) is 5.96. The van der Waals surface area contributed by atoms with Gasteiger partial charge >= 0.3 is 0 Å². The molecule has 1 saturated heterocycles. The average Bonchev–Trinajstić information content (AvgIpc) is 2.62. The second-order valence-electron chi connectivity index (χ2n) is 6.25. The number of hydrogen-bond acceptors (Lipinski definition) is 2. The largest absolute Gasteiger partial charge is 0.316 e. The van der Waals surface area contributed by atoms with Crippen LogP contribution in [-0.2, 0) is 19.4 Å². The van der Waals surface area contributed by atoms with Crippen LogP contribution in [0.3, 0.4) is 0 Å². The Morgan fingerprint density at radius 2 is 2.05 bits per heavy atom. The van der Waals surface area contributed by atoms with E-state index in [9.17, 15) is 0 Å². The van der Waals surface area contributed by atoms with Crippen LogP contribution in [0, 0.1) is 11.3 Å². The van der Waals surface area contributed by atoms with Crippen LogP contribution in [0.4, 0.5) is 0 Å². The summed E-state index contributed by atoms with van der Waals surface area (Å²) in [5, 5.41) is 8.18. The molecule has 1 aliphatic heterocycles. The first kappa shape index (κ1) is 15.0. The normalized spacial score (nSPS) is 17.8. The Labute approximate surface area is 125 Å². The van der Waals surface area contributed by atoms with Crippen LogP contribution in [0.15, 0.2) is 4.47 Å². The van der Waals surface area contributed by atoms with Gasteiger partial charge in [-0.25, -0.2) is 0 Å². The molecule has 19 heavy (non-hydrogen) atoms. The molecule has 0 spiro atoms. The molecule has 2 rings (SSSR count). The summed E-state index contributed by atoms with van der Waals surface area (Å²) >= 11 is 3.77. The number of aromatic nitrogens is 2. The Balaban J connectivity index is 2.24. The van der Waals surface area contributed by atoms with E-state index in [0.29, 0.717) is 5.41 Å². The molecule has 4 heteroatoms. The van der Waals surface area contributed by atoms with E-state index in [1.807, 2.05) is 0 Å². The molecular formula is C15H26BrN3. The zero-order valence-electron chi connectivity index (χ0n) is 12.6. The van der Waals surface area contributed by atoms with Crippen molar-refractivity contribution in [1.82, 2.24) is 15.1 Å². The number of rotatable bonds is 6. The Morgan fingerprint density at radius 3 is 2.47 bits per heavy atom. The first-order valence-corrected chi connectivity index (χ1v) is 8.25. The third-order valence-electron chi connectivity index (χ3n) is 4.08. The summed E-state index contributed by atoms with van der Waals surface area (Å²) in [4.78, 5) is 0. The molecule has 1 aromatic heterocycles. The minimum atomic E-state index is 0.439. The summed E-state index contributed by atoms with van der Waals surface area (Å²) in [5.74, 6) is 0.754. The lowest BCUT2D eigenvalue weighted by Crippen LogP contribution is -2.55. The standard InChI is InChI=1S/C15H26BrN3/c1-5-12-14(16)13(19(6-2)18-12)8-15(7-11(3)4)9-17-10-15/h11,17H,5-10H2,1-4H3. The van der Waals surface area contributed by atoms with E-state index in [1.54, 1.807) is 0 Å². The molecule has 2 heterocycles. The fraction of sp³-hybridized carbons (Fsp3) is 0.800. The lowest BCUT2D eigenvalue weighted by molar-refractivity contribution is 0.127. The van der Waals surface area contributed by atoms with Crippen molar-refractivity contribution in [2.75, 3.05) is 13.1 Å². The van der Waals surface area contributed by atoms with Gasteiger partial charge in [0.25, 0.3) is 0 Å². The van der Waals surface area contributed by atoms with Gasteiger partial charge in [-0.1, -0.05) is 20.8 Å². The summed E-state index contributed by atoms with van der Waals surface area (Å²) < 4.78 is 3.43. The predicted molar refractivity (Wildman–Crippen MR) is 83.4 cm³/mol. The highest BCUT2D eigenvalue weighted by Gasteiger charge is 2.39. The predicted octanol–water partition coefficient (Wildman–Crippen LogP) is 3.41. The van der Waals surface area contributed by atoms with E-state index in [1.165, 1.54) is 22.3 Å². The molecule has 0 unspecified atom stereocenters. The van der Waals surface area contributed by atoms with E-state index in [4.69, 9.17) is 5.10 Å². The highest BCUT2D eigenvalue weighted by Crippen LogP contribution is 2.37. The molecule has 3 nitrogen and oxygen atoms in total. The number of halogens is 1. The first-order chi connectivity index (χ1) is 9.01. The maximum atomic E-state index is 4.72. The van der Waals surface area contributed by atoms with Crippen molar-refractivity contribution < 1.29 is 0 Å². The number of aryl methyl sites for hydroxylation is 2. The van der Waals surface area contributed by atoms with Crippen molar-refractivity contribution in [3.8, 4) is 0 Å². The van der Waals surface area contributed by atoms with Crippen molar-refractivity contribution in [2.24, 2.45) is 11.3 Å². The molecule has 0 amide bonds. The number of hydrogen-bond donors (Lipinski definition) is 1. The number of nitrogens with one attached hydrogen (secondary N) is 1. The van der Waals surface area contributed by atoms with Gasteiger partial charge in [0.05, 0.1) is 15.9 Å². The molecule has 0 saturated carbocycles. The zero-order valence-corrected chi connectivity index (χ0v) is 14.2. The molecule has 1 fully saturated rings. The van der Waals surface area contributed by atoms with Gasteiger partial charge in [0.2, 0.25) is 0 Å². The lowest BCUT2D eigenvalue weighted by Gasteiger charge is -2.44. The van der Waals surface area contributed by atoms with Crippen molar-refractivity contribution in [3.63, 3.8) is 0 Å². The van der Waals surface area contributed by atoms with Gasteiger partial charge in [0.1, 0.15) is 0 Å². The van der Waals surface area contributed by atoms with Gasteiger partial charge in [-0.3, -0.25) is 4.68 Å². The van der Waals surface area contributed by atoms with Gasteiger partial charge in [-0.05, 0) is 48.0 Å². The van der Waals surface area contributed by atoms with Crippen molar-refractivity contribution in [2.45, 2.75) is 53.5 Å². The SMILES string of the molecule is CCc1nn(CC)c(CC2(CC(C)C)CNC2)c1Br. The molecule has 0 aromatic carbocycles. The Morgan fingerprint density at radius 1 is 1.37 bits per heavy atom. The Kier molecular flexibility index (Phi) is 4.72. The molecule has 1 aromatic rings. The summed E-state index contributed by atoms with van der Waals surface area (Å²) in [7, 11) is 0. The topological polar surface area (TPSA) is 29.9 Å². The maximum Gasteiger partial charge on any atom is 0.0766 e. The van der Waals surface area contributed by atoms with Crippen LogP contribution in [0.5, 0.6) is 0 Å². The Hall–Kier alpha value is -0.350. The minimum absolute atomic E-state index is 0.439. The van der Waals surface area contributed by atoms with Crippen LogP contribution >= 0.6 is 15.9 Å². The smallest absolute Gasteiger partial charge is 0.0766 e. The molecule has 0 atom stereocenters. The van der Waals surface area contributed by atoms with Crippen molar-refractivity contribution in [1.29, 1.82) is 0 Å². The highest BCUT2D eigenvalue weighted by molar-refractivity contribution is 9.10. The van der Waals surface area contributed by atoms with Gasteiger partial charge in [0.15, 0.2) is 0 Å². The molecule has 108 valence electrons. The third-order valence-corrected chi connectivity index (χ3v) is 4.99. The molecule has 1 N–H and O–H groups in total. The molecule has 0 aliphatic carbocycles. The highest BCUT2D eigenvalue weighted by atomic mass is 79.9. The van der Waals surface area contributed by atoms with Gasteiger partial charge in [-0.2, -0.15) is 5.10 Å². The van der Waals surface area contributed by atoms with Gasteiger partial charge in [-0.15, -0.1) is 0 Å². The maximum absolute atomic E-state index is 4.72. The van der Waals surface area contributed by atoms with Crippen LogP contribution in [0.2, 0.25) is 0 Å². The summed E-state index contributed by atoms with van der Waals surface area (Å²) in [6.07, 6.45) is 3.43. The van der Waals surface area contributed by atoms with Crippen LogP contribution in [0.1, 0.15) is 45.5 Å². The van der Waals surface area contributed by atoms with Crippen LogP contribution in [-0.4, -0.2) is 22.9 Å². The fourth-order valence-electron chi connectivity index (χ4n) is 3.23. The van der Waals surface area contributed by atoms with E-state index >= 15 is 0 Å². The Bertz CT molecular complexity index is 433. The fourth-order valence-corrected chi connectivity index (χ4v) is 3.93. The van der Waals surface area contributed by atoms with E-state index in [0.717, 1.165) is 38.4 Å². The minimum Gasteiger partial charge on any atom is -0.316 e. The average molecular weight is 328 g/mol. The summed E-state index contributed by atoms with van der Waals surface area (Å²) in [6, 6.07) is 0. The van der Waals surface area contributed by atoms with Gasteiger partial charge < -0.3 is 5.32 Å². The zero-order chi connectivity index (χ0) is 14.0.